The molecule has 4 aliphatic rings. The third kappa shape index (κ3) is 3.23. The average Bonchev–Trinajstić information content (AvgIpc) is 2.80. The molecule has 0 N–H and O–H groups in total. The molecule has 1 saturated carbocycles. The minimum atomic E-state index is 0.240. The van der Waals surface area contributed by atoms with Crippen LogP contribution < -0.4 is 0 Å². The first-order valence-electron chi connectivity index (χ1n) is 9.70. The zero-order valence-corrected chi connectivity index (χ0v) is 15.1. The number of rotatable bonds is 3. The van der Waals surface area contributed by atoms with Gasteiger partial charge in [-0.1, -0.05) is 23.6 Å². The predicted molar refractivity (Wildman–Crippen MR) is 97.2 cm³/mol. The Morgan fingerprint density at radius 1 is 1.00 bits per heavy atom. The lowest BCUT2D eigenvalue weighted by atomic mass is 9.83. The highest BCUT2D eigenvalue weighted by atomic mass is 16.2. The van der Waals surface area contributed by atoms with Gasteiger partial charge < -0.3 is 4.90 Å². The van der Waals surface area contributed by atoms with Crippen molar-refractivity contribution >= 4 is 5.91 Å². The zero-order valence-electron chi connectivity index (χ0n) is 15.1. The standard InChI is InChI=1S/C21H30N2O/c1-15-8-16(2)10-19(9-15)21(24)23-13-18-6-7-20(14-23)22(12-18)11-17-4-3-5-17/h8-10,17-18,20H,3-7,11-14H2,1-2H3/t18-,20-/m0/s1. The number of hydrogen-bond donors (Lipinski definition) is 0. The number of amides is 1. The molecule has 4 fully saturated rings. The molecule has 24 heavy (non-hydrogen) atoms. The van der Waals surface area contributed by atoms with Gasteiger partial charge in [-0.15, -0.1) is 0 Å². The molecular weight excluding hydrogens is 296 g/mol. The van der Waals surface area contributed by atoms with Crippen LogP contribution in [0.1, 0.15) is 53.6 Å². The molecule has 0 spiro atoms. The second kappa shape index (κ2) is 6.51. The molecule has 0 radical (unpaired) electrons. The Balaban J connectivity index is 1.49. The lowest BCUT2D eigenvalue weighted by molar-refractivity contribution is 0.0717. The number of carbonyl (C=O) groups is 1. The smallest absolute Gasteiger partial charge is 0.253 e. The minimum Gasteiger partial charge on any atom is -0.337 e. The van der Waals surface area contributed by atoms with Gasteiger partial charge in [-0.3, -0.25) is 9.69 Å². The molecule has 1 aromatic rings. The van der Waals surface area contributed by atoms with Gasteiger partial charge in [0.05, 0.1) is 0 Å². The van der Waals surface area contributed by atoms with E-state index in [0.29, 0.717) is 12.0 Å². The maximum atomic E-state index is 13.1. The summed E-state index contributed by atoms with van der Waals surface area (Å²) in [6.45, 7) is 8.51. The number of fused-ring (bicyclic) bond motifs is 4. The fraction of sp³-hybridized carbons (Fsp3) is 0.667. The molecule has 2 bridgehead atoms. The average molecular weight is 326 g/mol. The highest BCUT2D eigenvalue weighted by Crippen LogP contribution is 2.33. The summed E-state index contributed by atoms with van der Waals surface area (Å²) < 4.78 is 0. The van der Waals surface area contributed by atoms with E-state index in [2.05, 4.69) is 29.7 Å². The Hall–Kier alpha value is -1.35. The van der Waals surface area contributed by atoms with E-state index in [1.54, 1.807) is 0 Å². The van der Waals surface area contributed by atoms with E-state index in [0.717, 1.165) is 24.6 Å². The van der Waals surface area contributed by atoms with Gasteiger partial charge >= 0.3 is 0 Å². The van der Waals surface area contributed by atoms with E-state index in [1.807, 2.05) is 12.1 Å². The van der Waals surface area contributed by atoms with Crippen molar-refractivity contribution in [2.75, 3.05) is 26.2 Å². The summed E-state index contributed by atoms with van der Waals surface area (Å²) in [7, 11) is 0. The highest BCUT2D eigenvalue weighted by molar-refractivity contribution is 5.94. The van der Waals surface area contributed by atoms with Crippen molar-refractivity contribution in [1.82, 2.24) is 9.80 Å². The second-order valence-electron chi connectivity index (χ2n) is 8.43. The Morgan fingerprint density at radius 3 is 2.42 bits per heavy atom. The summed E-state index contributed by atoms with van der Waals surface area (Å²) in [6, 6.07) is 6.82. The van der Waals surface area contributed by atoms with Crippen molar-refractivity contribution in [3.05, 3.63) is 34.9 Å². The van der Waals surface area contributed by atoms with E-state index >= 15 is 0 Å². The SMILES string of the molecule is Cc1cc(C)cc(C(=O)N2C[C@H]3CC[C@@H](C2)N(CC2CCC2)C3)c1. The fourth-order valence-corrected chi connectivity index (χ4v) is 4.86. The third-order valence-electron chi connectivity index (χ3n) is 6.30. The van der Waals surface area contributed by atoms with Gasteiger partial charge in [-0.05, 0) is 63.5 Å². The molecular formula is C21H30N2O. The molecule has 3 saturated heterocycles. The summed E-state index contributed by atoms with van der Waals surface area (Å²) in [5.74, 6) is 1.83. The van der Waals surface area contributed by atoms with E-state index in [9.17, 15) is 4.79 Å². The van der Waals surface area contributed by atoms with Gasteiger partial charge in [0.25, 0.3) is 5.91 Å². The van der Waals surface area contributed by atoms with Crippen molar-refractivity contribution in [1.29, 1.82) is 0 Å². The lowest BCUT2D eigenvalue weighted by Crippen LogP contribution is -2.47. The van der Waals surface area contributed by atoms with Gasteiger partial charge in [0.15, 0.2) is 0 Å². The van der Waals surface area contributed by atoms with Gasteiger partial charge in [0.2, 0.25) is 0 Å². The highest BCUT2D eigenvalue weighted by Gasteiger charge is 2.37. The Bertz CT molecular complexity index is 602. The third-order valence-corrected chi connectivity index (χ3v) is 6.30. The molecule has 0 unspecified atom stereocenters. The van der Waals surface area contributed by atoms with Crippen LogP contribution in [0.5, 0.6) is 0 Å². The van der Waals surface area contributed by atoms with Crippen molar-refractivity contribution < 1.29 is 4.79 Å². The van der Waals surface area contributed by atoms with Crippen LogP contribution in [0.2, 0.25) is 0 Å². The van der Waals surface area contributed by atoms with Crippen LogP contribution in [-0.2, 0) is 0 Å². The van der Waals surface area contributed by atoms with Gasteiger partial charge in [-0.25, -0.2) is 0 Å². The van der Waals surface area contributed by atoms with Crippen molar-refractivity contribution in [3.63, 3.8) is 0 Å². The second-order valence-corrected chi connectivity index (χ2v) is 8.43. The molecule has 3 nitrogen and oxygen atoms in total. The molecule has 0 aromatic heterocycles. The first-order valence-corrected chi connectivity index (χ1v) is 9.70. The number of nitrogens with zero attached hydrogens (tertiary/aromatic N) is 2. The molecule has 130 valence electrons. The predicted octanol–water partition coefficient (Wildman–Crippen LogP) is 3.64. The first kappa shape index (κ1) is 16.1. The number of carbonyl (C=O) groups excluding carboxylic acids is 1. The zero-order chi connectivity index (χ0) is 16.7. The summed E-state index contributed by atoms with van der Waals surface area (Å²) in [5, 5.41) is 0. The van der Waals surface area contributed by atoms with Gasteiger partial charge in [-0.2, -0.15) is 0 Å². The summed E-state index contributed by atoms with van der Waals surface area (Å²) in [5.41, 5.74) is 3.24. The van der Waals surface area contributed by atoms with E-state index < -0.39 is 0 Å². The number of piperidine rings is 1. The number of aryl methyl sites for hydroxylation is 2. The normalized spacial score (nSPS) is 27.8. The monoisotopic (exact) mass is 326 g/mol. The van der Waals surface area contributed by atoms with E-state index in [1.165, 1.54) is 56.3 Å². The molecule has 2 atom stereocenters. The minimum absolute atomic E-state index is 0.240. The van der Waals surface area contributed by atoms with Crippen LogP contribution in [0.4, 0.5) is 0 Å². The van der Waals surface area contributed by atoms with Crippen molar-refractivity contribution in [3.8, 4) is 0 Å². The van der Waals surface area contributed by atoms with E-state index in [-0.39, 0.29) is 5.91 Å². The number of benzene rings is 1. The molecule has 1 aliphatic carbocycles. The van der Waals surface area contributed by atoms with Crippen molar-refractivity contribution in [2.24, 2.45) is 11.8 Å². The Morgan fingerprint density at radius 2 is 1.75 bits per heavy atom. The topological polar surface area (TPSA) is 23.6 Å². The van der Waals surface area contributed by atoms with Crippen LogP contribution >= 0.6 is 0 Å². The molecule has 3 heterocycles. The fourth-order valence-electron chi connectivity index (χ4n) is 4.86. The number of hydrogen-bond acceptors (Lipinski definition) is 2. The largest absolute Gasteiger partial charge is 0.337 e. The maximum absolute atomic E-state index is 13.1. The molecule has 1 aromatic carbocycles. The van der Waals surface area contributed by atoms with Gasteiger partial charge in [0, 0.05) is 37.8 Å². The van der Waals surface area contributed by atoms with E-state index in [4.69, 9.17) is 0 Å². The summed E-state index contributed by atoms with van der Waals surface area (Å²) in [4.78, 5) is 17.9. The Labute approximate surface area is 146 Å². The van der Waals surface area contributed by atoms with Crippen LogP contribution in [-0.4, -0.2) is 47.9 Å². The Kier molecular flexibility index (Phi) is 4.38. The lowest BCUT2D eigenvalue weighted by Gasteiger charge is -2.40. The maximum Gasteiger partial charge on any atom is 0.253 e. The molecule has 5 rings (SSSR count). The summed E-state index contributed by atoms with van der Waals surface area (Å²) in [6.07, 6.45) is 6.82. The van der Waals surface area contributed by atoms with Gasteiger partial charge in [0.1, 0.15) is 0 Å². The van der Waals surface area contributed by atoms with Crippen molar-refractivity contribution in [2.45, 2.75) is 52.0 Å². The summed E-state index contributed by atoms with van der Waals surface area (Å²) >= 11 is 0. The molecule has 3 aliphatic heterocycles. The van der Waals surface area contributed by atoms with Crippen LogP contribution in [0.15, 0.2) is 18.2 Å². The molecule has 3 heteroatoms. The van der Waals surface area contributed by atoms with Crippen LogP contribution in [0, 0.1) is 25.7 Å². The van der Waals surface area contributed by atoms with Crippen LogP contribution in [0.3, 0.4) is 0 Å². The molecule has 1 amide bonds. The quantitative estimate of drug-likeness (QED) is 0.846. The first-order chi connectivity index (χ1) is 11.6. The van der Waals surface area contributed by atoms with Crippen LogP contribution in [0.25, 0.3) is 0 Å².